The van der Waals surface area contributed by atoms with E-state index >= 15 is 0 Å². The van der Waals surface area contributed by atoms with Crippen molar-refractivity contribution in [3.63, 3.8) is 0 Å². The van der Waals surface area contributed by atoms with Crippen LogP contribution >= 0.6 is 11.6 Å². The Labute approximate surface area is 129 Å². The molecule has 0 radical (unpaired) electrons. The van der Waals surface area contributed by atoms with Crippen molar-refractivity contribution in [2.24, 2.45) is 0 Å². The predicted molar refractivity (Wildman–Crippen MR) is 82.3 cm³/mol. The SMILES string of the molecule is CCOc1cccc(CCl)c1OCc1cccnc1OC. The molecule has 1 aromatic heterocycles. The number of alkyl halides is 1. The van der Waals surface area contributed by atoms with Gasteiger partial charge in [0.25, 0.3) is 0 Å². The lowest BCUT2D eigenvalue weighted by Crippen LogP contribution is -2.04. The largest absolute Gasteiger partial charge is 0.490 e. The van der Waals surface area contributed by atoms with Gasteiger partial charge in [-0.15, -0.1) is 11.6 Å². The van der Waals surface area contributed by atoms with Gasteiger partial charge in [0.1, 0.15) is 6.61 Å². The highest BCUT2D eigenvalue weighted by molar-refractivity contribution is 6.17. The standard InChI is InChI=1S/C16H18ClNO3/c1-3-20-14-8-4-6-12(10-17)15(14)21-11-13-7-5-9-18-16(13)19-2/h4-9H,3,10-11H2,1-2H3. The Hall–Kier alpha value is -1.94. The van der Waals surface area contributed by atoms with Crippen LogP contribution in [-0.4, -0.2) is 18.7 Å². The van der Waals surface area contributed by atoms with E-state index in [0.29, 0.717) is 36.5 Å². The maximum atomic E-state index is 5.97. The van der Waals surface area contributed by atoms with E-state index in [4.69, 9.17) is 25.8 Å². The second-order valence-corrected chi connectivity index (χ2v) is 4.54. The van der Waals surface area contributed by atoms with E-state index in [-0.39, 0.29) is 0 Å². The van der Waals surface area contributed by atoms with Crippen molar-refractivity contribution in [2.45, 2.75) is 19.4 Å². The summed E-state index contributed by atoms with van der Waals surface area (Å²) in [5.41, 5.74) is 1.76. The number of halogens is 1. The second-order valence-electron chi connectivity index (χ2n) is 4.27. The van der Waals surface area contributed by atoms with E-state index in [1.807, 2.05) is 37.3 Å². The van der Waals surface area contributed by atoms with Crippen LogP contribution < -0.4 is 14.2 Å². The number of hydrogen-bond donors (Lipinski definition) is 0. The molecule has 1 heterocycles. The van der Waals surface area contributed by atoms with Crippen LogP contribution in [0.1, 0.15) is 18.1 Å². The topological polar surface area (TPSA) is 40.6 Å². The average Bonchev–Trinajstić information content (AvgIpc) is 2.54. The molecule has 2 rings (SSSR count). The van der Waals surface area contributed by atoms with Gasteiger partial charge in [-0.2, -0.15) is 0 Å². The summed E-state index contributed by atoms with van der Waals surface area (Å²) in [5, 5.41) is 0. The maximum absolute atomic E-state index is 5.97. The summed E-state index contributed by atoms with van der Waals surface area (Å²) in [7, 11) is 1.59. The number of nitrogens with zero attached hydrogens (tertiary/aromatic N) is 1. The minimum absolute atomic E-state index is 0.338. The van der Waals surface area contributed by atoms with Crippen LogP contribution in [0.4, 0.5) is 0 Å². The monoisotopic (exact) mass is 307 g/mol. The number of aromatic nitrogens is 1. The van der Waals surface area contributed by atoms with Crippen LogP contribution in [0.2, 0.25) is 0 Å². The van der Waals surface area contributed by atoms with E-state index < -0.39 is 0 Å². The highest BCUT2D eigenvalue weighted by atomic mass is 35.5. The summed E-state index contributed by atoms with van der Waals surface area (Å²) >= 11 is 5.97. The molecule has 0 spiro atoms. The molecule has 0 aliphatic rings. The third kappa shape index (κ3) is 3.79. The van der Waals surface area contributed by atoms with Gasteiger partial charge in [0.2, 0.25) is 5.88 Å². The van der Waals surface area contributed by atoms with Crippen LogP contribution in [0.25, 0.3) is 0 Å². The molecule has 0 aliphatic heterocycles. The van der Waals surface area contributed by atoms with Crippen molar-refractivity contribution in [1.29, 1.82) is 0 Å². The van der Waals surface area contributed by atoms with Crippen LogP contribution in [-0.2, 0) is 12.5 Å². The normalized spacial score (nSPS) is 10.2. The average molecular weight is 308 g/mol. The smallest absolute Gasteiger partial charge is 0.219 e. The second kappa shape index (κ2) is 7.74. The number of methoxy groups -OCH3 is 1. The Balaban J connectivity index is 2.22. The maximum Gasteiger partial charge on any atom is 0.219 e. The minimum atomic E-state index is 0.338. The van der Waals surface area contributed by atoms with Gasteiger partial charge >= 0.3 is 0 Å². The Kier molecular flexibility index (Phi) is 5.69. The first-order chi connectivity index (χ1) is 10.3. The Morgan fingerprint density at radius 3 is 2.62 bits per heavy atom. The first kappa shape index (κ1) is 15.4. The highest BCUT2D eigenvalue weighted by Gasteiger charge is 2.12. The van der Waals surface area contributed by atoms with Crippen LogP contribution in [0.5, 0.6) is 17.4 Å². The zero-order valence-corrected chi connectivity index (χ0v) is 12.9. The van der Waals surface area contributed by atoms with E-state index in [1.165, 1.54) is 0 Å². The number of rotatable bonds is 7. The highest BCUT2D eigenvalue weighted by Crippen LogP contribution is 2.33. The molecular formula is C16H18ClNO3. The van der Waals surface area contributed by atoms with E-state index in [1.54, 1.807) is 13.3 Å². The lowest BCUT2D eigenvalue weighted by molar-refractivity contribution is 0.262. The van der Waals surface area contributed by atoms with Gasteiger partial charge in [0.05, 0.1) is 25.2 Å². The third-order valence-corrected chi connectivity index (χ3v) is 3.21. The molecule has 0 amide bonds. The molecule has 0 unspecified atom stereocenters. The lowest BCUT2D eigenvalue weighted by atomic mass is 10.2. The van der Waals surface area contributed by atoms with Crippen molar-refractivity contribution in [2.75, 3.05) is 13.7 Å². The van der Waals surface area contributed by atoms with E-state index in [0.717, 1.165) is 11.1 Å². The molecule has 4 nitrogen and oxygen atoms in total. The van der Waals surface area contributed by atoms with Gasteiger partial charge in [-0.05, 0) is 25.1 Å². The summed E-state index contributed by atoms with van der Waals surface area (Å²) in [4.78, 5) is 4.15. The van der Waals surface area contributed by atoms with Gasteiger partial charge in [0, 0.05) is 11.8 Å². The van der Waals surface area contributed by atoms with E-state index in [2.05, 4.69) is 4.98 Å². The first-order valence-corrected chi connectivity index (χ1v) is 7.25. The lowest BCUT2D eigenvalue weighted by Gasteiger charge is -2.15. The fourth-order valence-electron chi connectivity index (χ4n) is 1.97. The summed E-state index contributed by atoms with van der Waals surface area (Å²) in [6.45, 7) is 2.84. The molecule has 1 aromatic carbocycles. The van der Waals surface area contributed by atoms with Gasteiger partial charge in [0.15, 0.2) is 11.5 Å². The van der Waals surface area contributed by atoms with Crippen molar-refractivity contribution >= 4 is 11.6 Å². The molecule has 112 valence electrons. The zero-order valence-electron chi connectivity index (χ0n) is 12.1. The van der Waals surface area contributed by atoms with Gasteiger partial charge in [-0.25, -0.2) is 4.98 Å². The molecule has 21 heavy (non-hydrogen) atoms. The van der Waals surface area contributed by atoms with Gasteiger partial charge < -0.3 is 14.2 Å². The summed E-state index contributed by atoms with van der Waals surface area (Å²) < 4.78 is 16.7. The molecule has 2 aromatic rings. The third-order valence-electron chi connectivity index (χ3n) is 2.92. The fourth-order valence-corrected chi connectivity index (χ4v) is 2.18. The molecular weight excluding hydrogens is 290 g/mol. The molecule has 0 fully saturated rings. The number of ether oxygens (including phenoxy) is 3. The zero-order chi connectivity index (χ0) is 15.1. The van der Waals surface area contributed by atoms with E-state index in [9.17, 15) is 0 Å². The molecule has 5 heteroatoms. The minimum Gasteiger partial charge on any atom is -0.490 e. The van der Waals surface area contributed by atoms with Gasteiger partial charge in [-0.1, -0.05) is 12.1 Å². The van der Waals surface area contributed by atoms with Crippen LogP contribution in [0.15, 0.2) is 36.5 Å². The number of hydrogen-bond acceptors (Lipinski definition) is 4. The Morgan fingerprint density at radius 1 is 1.10 bits per heavy atom. The fraction of sp³-hybridized carbons (Fsp3) is 0.312. The Morgan fingerprint density at radius 2 is 1.90 bits per heavy atom. The summed E-state index contributed by atoms with van der Waals surface area (Å²) in [5.74, 6) is 2.28. The number of para-hydroxylation sites is 1. The van der Waals surface area contributed by atoms with Crippen molar-refractivity contribution in [3.05, 3.63) is 47.7 Å². The molecule has 0 aliphatic carbocycles. The molecule has 0 saturated carbocycles. The molecule has 0 saturated heterocycles. The Bertz CT molecular complexity index is 589. The van der Waals surface area contributed by atoms with Crippen molar-refractivity contribution < 1.29 is 14.2 Å². The predicted octanol–water partition coefficient (Wildman–Crippen LogP) is 3.81. The number of pyridine rings is 1. The van der Waals surface area contributed by atoms with Crippen molar-refractivity contribution in [3.8, 4) is 17.4 Å². The molecule has 0 N–H and O–H groups in total. The van der Waals surface area contributed by atoms with Crippen LogP contribution in [0, 0.1) is 0 Å². The number of benzene rings is 1. The molecule has 0 atom stereocenters. The summed E-state index contributed by atoms with van der Waals surface area (Å²) in [6, 6.07) is 9.45. The van der Waals surface area contributed by atoms with Crippen molar-refractivity contribution in [1.82, 2.24) is 4.98 Å². The first-order valence-electron chi connectivity index (χ1n) is 6.71. The quantitative estimate of drug-likeness (QED) is 0.729. The molecule has 0 bridgehead atoms. The summed E-state index contributed by atoms with van der Waals surface area (Å²) in [6.07, 6.45) is 1.68. The van der Waals surface area contributed by atoms with Gasteiger partial charge in [-0.3, -0.25) is 0 Å². The van der Waals surface area contributed by atoms with Crippen LogP contribution in [0.3, 0.4) is 0 Å².